The fraction of sp³-hybridized carbons (Fsp3) is 0.150. The molecule has 0 unspecified atom stereocenters. The van der Waals surface area contributed by atoms with E-state index >= 15 is 0 Å². The van der Waals surface area contributed by atoms with Crippen molar-refractivity contribution in [2.75, 3.05) is 0 Å². The van der Waals surface area contributed by atoms with Crippen LogP contribution in [0.5, 0.6) is 0 Å². The minimum absolute atomic E-state index is 0.0893. The third kappa shape index (κ3) is 3.82. The maximum atomic E-state index is 12.2. The van der Waals surface area contributed by atoms with Crippen LogP contribution >= 0.6 is 0 Å². The van der Waals surface area contributed by atoms with Gasteiger partial charge in [-0.2, -0.15) is 5.10 Å². The van der Waals surface area contributed by atoms with Gasteiger partial charge in [-0.15, -0.1) is 0 Å². The van der Waals surface area contributed by atoms with Crippen LogP contribution in [0, 0.1) is 0 Å². The first-order valence-electron chi connectivity index (χ1n) is 8.59. The highest BCUT2D eigenvalue weighted by Gasteiger charge is 2.12. The van der Waals surface area contributed by atoms with Crippen LogP contribution in [0.4, 0.5) is 0 Å². The van der Waals surface area contributed by atoms with Crippen LogP contribution in [0.2, 0.25) is 0 Å². The van der Waals surface area contributed by atoms with Gasteiger partial charge in [-0.25, -0.2) is 4.79 Å². The molecule has 7 nitrogen and oxygen atoms in total. The highest BCUT2D eigenvalue weighted by atomic mass is 16.4. The SMILES string of the molecule is O=C(Cn1c(=O)oc2ccccc21)NCc1cnn(Cc2ccccc2)c1. The molecule has 136 valence electrons. The molecule has 4 aromatic rings. The Balaban J connectivity index is 1.37. The van der Waals surface area contributed by atoms with Crippen LogP contribution in [0.25, 0.3) is 11.1 Å². The summed E-state index contributed by atoms with van der Waals surface area (Å²) < 4.78 is 8.28. The minimum Gasteiger partial charge on any atom is -0.408 e. The van der Waals surface area contributed by atoms with Crippen molar-refractivity contribution >= 4 is 17.0 Å². The van der Waals surface area contributed by atoms with Crippen molar-refractivity contribution in [2.24, 2.45) is 0 Å². The van der Waals surface area contributed by atoms with E-state index < -0.39 is 5.76 Å². The standard InChI is InChI=1S/C20H18N4O3/c25-19(14-24-17-8-4-5-9-18(17)27-20(24)26)21-10-16-11-22-23(13-16)12-15-6-2-1-3-7-15/h1-9,11,13H,10,12,14H2,(H,21,25). The number of para-hydroxylation sites is 2. The molecule has 0 radical (unpaired) electrons. The van der Waals surface area contributed by atoms with E-state index in [1.807, 2.05) is 41.2 Å². The lowest BCUT2D eigenvalue weighted by Crippen LogP contribution is -2.30. The number of aromatic nitrogens is 3. The number of carbonyl (C=O) groups is 1. The molecule has 0 saturated heterocycles. The average Bonchev–Trinajstić information content (AvgIpc) is 3.25. The van der Waals surface area contributed by atoms with E-state index in [1.54, 1.807) is 30.5 Å². The van der Waals surface area contributed by atoms with Gasteiger partial charge in [0.15, 0.2) is 5.58 Å². The molecule has 27 heavy (non-hydrogen) atoms. The zero-order chi connectivity index (χ0) is 18.6. The van der Waals surface area contributed by atoms with E-state index in [0.29, 0.717) is 24.2 Å². The predicted molar refractivity (Wildman–Crippen MR) is 100 cm³/mol. The van der Waals surface area contributed by atoms with E-state index in [-0.39, 0.29) is 12.5 Å². The summed E-state index contributed by atoms with van der Waals surface area (Å²) in [4.78, 5) is 24.2. The largest absolute Gasteiger partial charge is 0.420 e. The Kier molecular flexibility index (Phi) is 4.57. The molecule has 2 heterocycles. The smallest absolute Gasteiger partial charge is 0.408 e. The van der Waals surface area contributed by atoms with Gasteiger partial charge >= 0.3 is 5.76 Å². The monoisotopic (exact) mass is 362 g/mol. The summed E-state index contributed by atoms with van der Waals surface area (Å²) in [7, 11) is 0. The molecule has 0 aliphatic heterocycles. The summed E-state index contributed by atoms with van der Waals surface area (Å²) in [6.45, 7) is 0.928. The van der Waals surface area contributed by atoms with Crippen LogP contribution in [0.1, 0.15) is 11.1 Å². The number of hydrogen-bond donors (Lipinski definition) is 1. The zero-order valence-corrected chi connectivity index (χ0v) is 14.5. The van der Waals surface area contributed by atoms with Gasteiger partial charge in [0, 0.05) is 18.3 Å². The lowest BCUT2D eigenvalue weighted by atomic mass is 10.2. The summed E-state index contributed by atoms with van der Waals surface area (Å²) >= 11 is 0. The third-order valence-corrected chi connectivity index (χ3v) is 4.24. The molecule has 7 heteroatoms. The summed E-state index contributed by atoms with van der Waals surface area (Å²) in [5.74, 6) is -0.804. The zero-order valence-electron chi connectivity index (χ0n) is 14.5. The summed E-state index contributed by atoms with van der Waals surface area (Å²) in [6, 6.07) is 17.1. The Morgan fingerprint density at radius 1 is 1.04 bits per heavy atom. The molecule has 2 aromatic carbocycles. The third-order valence-electron chi connectivity index (χ3n) is 4.24. The predicted octanol–water partition coefficient (Wildman–Crippen LogP) is 2.16. The van der Waals surface area contributed by atoms with Gasteiger partial charge in [0.2, 0.25) is 5.91 Å². The second-order valence-electron chi connectivity index (χ2n) is 6.23. The second kappa shape index (κ2) is 7.33. The first-order valence-corrected chi connectivity index (χ1v) is 8.59. The summed E-state index contributed by atoms with van der Waals surface area (Å²) in [6.07, 6.45) is 3.62. The number of nitrogens with one attached hydrogen (secondary N) is 1. The first kappa shape index (κ1) is 16.8. The Morgan fingerprint density at radius 3 is 2.67 bits per heavy atom. The number of rotatable bonds is 6. The Labute approximate surface area is 154 Å². The van der Waals surface area contributed by atoms with Gasteiger partial charge in [-0.1, -0.05) is 42.5 Å². The molecular weight excluding hydrogens is 344 g/mol. The summed E-state index contributed by atoms with van der Waals surface area (Å²) in [5.41, 5.74) is 3.12. The van der Waals surface area contributed by atoms with E-state index in [9.17, 15) is 9.59 Å². The fourth-order valence-electron chi connectivity index (χ4n) is 2.92. The molecule has 0 aliphatic carbocycles. The van der Waals surface area contributed by atoms with Gasteiger partial charge in [-0.3, -0.25) is 14.0 Å². The number of hydrogen-bond acceptors (Lipinski definition) is 4. The van der Waals surface area contributed by atoms with E-state index in [4.69, 9.17) is 4.42 Å². The van der Waals surface area contributed by atoms with Crippen LogP contribution in [0.3, 0.4) is 0 Å². The maximum absolute atomic E-state index is 12.2. The number of oxazole rings is 1. The number of fused-ring (bicyclic) bond motifs is 1. The molecule has 0 fully saturated rings. The van der Waals surface area contributed by atoms with Crippen molar-refractivity contribution in [1.82, 2.24) is 19.7 Å². The van der Waals surface area contributed by atoms with E-state index in [0.717, 1.165) is 11.1 Å². The number of benzene rings is 2. The number of nitrogens with zero attached hydrogens (tertiary/aromatic N) is 3. The van der Waals surface area contributed by atoms with Crippen molar-refractivity contribution in [1.29, 1.82) is 0 Å². The molecule has 2 aromatic heterocycles. The highest BCUT2D eigenvalue weighted by molar-refractivity contribution is 5.79. The highest BCUT2D eigenvalue weighted by Crippen LogP contribution is 2.11. The van der Waals surface area contributed by atoms with Gasteiger partial charge < -0.3 is 9.73 Å². The van der Waals surface area contributed by atoms with Gasteiger partial charge in [-0.05, 0) is 17.7 Å². The minimum atomic E-state index is -0.540. The van der Waals surface area contributed by atoms with Crippen molar-refractivity contribution in [3.8, 4) is 0 Å². The average molecular weight is 362 g/mol. The van der Waals surface area contributed by atoms with Crippen LogP contribution < -0.4 is 11.1 Å². The van der Waals surface area contributed by atoms with E-state index in [2.05, 4.69) is 10.4 Å². The molecule has 0 bridgehead atoms. The maximum Gasteiger partial charge on any atom is 0.420 e. The van der Waals surface area contributed by atoms with Gasteiger partial charge in [0.1, 0.15) is 6.54 Å². The van der Waals surface area contributed by atoms with Crippen molar-refractivity contribution in [2.45, 2.75) is 19.6 Å². The quantitative estimate of drug-likeness (QED) is 0.570. The summed E-state index contributed by atoms with van der Waals surface area (Å²) in [5, 5.41) is 7.13. The Hall–Kier alpha value is -3.61. The van der Waals surface area contributed by atoms with Gasteiger partial charge in [0.05, 0.1) is 18.3 Å². The molecule has 0 aliphatic rings. The molecule has 0 atom stereocenters. The fourth-order valence-corrected chi connectivity index (χ4v) is 2.92. The van der Waals surface area contributed by atoms with Crippen LogP contribution in [-0.2, 0) is 24.4 Å². The van der Waals surface area contributed by atoms with Crippen molar-refractivity contribution < 1.29 is 9.21 Å². The lowest BCUT2D eigenvalue weighted by molar-refractivity contribution is -0.121. The first-order chi connectivity index (χ1) is 13.2. The normalized spacial score (nSPS) is 11.0. The molecule has 1 N–H and O–H groups in total. The van der Waals surface area contributed by atoms with Crippen molar-refractivity contribution in [3.05, 3.63) is 88.7 Å². The molecule has 0 saturated carbocycles. The van der Waals surface area contributed by atoms with Gasteiger partial charge in [0.25, 0.3) is 0 Å². The Morgan fingerprint density at radius 2 is 1.81 bits per heavy atom. The molecule has 0 spiro atoms. The van der Waals surface area contributed by atoms with Crippen LogP contribution in [-0.4, -0.2) is 20.3 Å². The topological polar surface area (TPSA) is 82.1 Å². The van der Waals surface area contributed by atoms with Crippen molar-refractivity contribution in [3.63, 3.8) is 0 Å². The number of carbonyl (C=O) groups excluding carboxylic acids is 1. The molecule has 1 amide bonds. The van der Waals surface area contributed by atoms with Crippen LogP contribution in [0.15, 0.2) is 76.2 Å². The lowest BCUT2D eigenvalue weighted by Gasteiger charge is -2.04. The second-order valence-corrected chi connectivity index (χ2v) is 6.23. The molecule has 4 rings (SSSR count). The molecular formula is C20H18N4O3. The Bertz CT molecular complexity index is 1120. The van der Waals surface area contributed by atoms with E-state index in [1.165, 1.54) is 4.57 Å². The number of amides is 1.